The van der Waals surface area contributed by atoms with Crippen LogP contribution in [0, 0.1) is 23.2 Å². The predicted molar refractivity (Wildman–Crippen MR) is 119 cm³/mol. The van der Waals surface area contributed by atoms with Crippen LogP contribution in [0.5, 0.6) is 5.75 Å². The number of halogens is 1. The minimum atomic E-state index is 0.500. The van der Waals surface area contributed by atoms with E-state index in [0.717, 1.165) is 40.6 Å². The smallest absolute Gasteiger partial charge is 0.119 e. The summed E-state index contributed by atoms with van der Waals surface area (Å²) in [5.41, 5.74) is 2.91. The molecule has 2 aromatic carbocycles. The third-order valence-electron chi connectivity index (χ3n) is 7.89. The van der Waals surface area contributed by atoms with E-state index in [9.17, 15) is 0 Å². The van der Waals surface area contributed by atoms with Crippen LogP contribution in [-0.2, 0) is 13.2 Å². The van der Waals surface area contributed by atoms with Crippen molar-refractivity contribution in [2.45, 2.75) is 64.6 Å². The molecule has 4 aliphatic carbocycles. The predicted octanol–water partition coefficient (Wildman–Crippen LogP) is 6.61. The van der Waals surface area contributed by atoms with Gasteiger partial charge in [0.2, 0.25) is 0 Å². The zero-order chi connectivity index (χ0) is 19.8. The van der Waals surface area contributed by atoms with Crippen LogP contribution < -0.4 is 10.1 Å². The maximum Gasteiger partial charge on any atom is 0.119 e. The Morgan fingerprint density at radius 3 is 2.21 bits per heavy atom. The van der Waals surface area contributed by atoms with Gasteiger partial charge in [0, 0.05) is 23.2 Å². The summed E-state index contributed by atoms with van der Waals surface area (Å²) in [6.45, 7) is 3.88. The highest BCUT2D eigenvalue weighted by Gasteiger charge is 2.52. The maximum absolute atomic E-state index is 6.21. The molecule has 1 N–H and O–H groups in total. The fourth-order valence-electron chi connectivity index (χ4n) is 6.68. The zero-order valence-corrected chi connectivity index (χ0v) is 18.1. The molecule has 3 heteroatoms. The molecule has 0 aromatic heterocycles. The van der Waals surface area contributed by atoms with E-state index in [1.165, 1.54) is 44.1 Å². The first kappa shape index (κ1) is 19.5. The van der Waals surface area contributed by atoms with Crippen LogP contribution in [0.3, 0.4) is 0 Å². The quantitative estimate of drug-likeness (QED) is 0.555. The van der Waals surface area contributed by atoms with E-state index >= 15 is 0 Å². The first-order chi connectivity index (χ1) is 14.1. The molecule has 0 unspecified atom stereocenters. The topological polar surface area (TPSA) is 21.3 Å². The lowest BCUT2D eigenvalue weighted by atomic mass is 9.48. The van der Waals surface area contributed by atoms with E-state index in [0.29, 0.717) is 18.1 Å². The van der Waals surface area contributed by atoms with E-state index in [4.69, 9.17) is 16.3 Å². The first-order valence-corrected chi connectivity index (χ1v) is 11.7. The summed E-state index contributed by atoms with van der Waals surface area (Å²) in [5.74, 6) is 3.93. The summed E-state index contributed by atoms with van der Waals surface area (Å²) in [6, 6.07) is 17.0. The fraction of sp³-hybridized carbons (Fsp3) is 0.538. The molecule has 0 amide bonds. The van der Waals surface area contributed by atoms with Crippen molar-refractivity contribution in [3.8, 4) is 5.75 Å². The molecule has 4 aliphatic rings. The summed E-state index contributed by atoms with van der Waals surface area (Å²) >= 11 is 6.21. The molecule has 0 aliphatic heterocycles. The lowest BCUT2D eigenvalue weighted by Crippen LogP contribution is -2.54. The third-order valence-corrected chi connectivity index (χ3v) is 8.26. The van der Waals surface area contributed by atoms with Gasteiger partial charge in [-0.3, -0.25) is 0 Å². The normalized spacial score (nSPS) is 31.0. The monoisotopic (exact) mass is 409 g/mol. The first-order valence-electron chi connectivity index (χ1n) is 11.3. The summed E-state index contributed by atoms with van der Waals surface area (Å²) < 4.78 is 5.91. The minimum Gasteiger partial charge on any atom is -0.489 e. The largest absolute Gasteiger partial charge is 0.489 e. The van der Waals surface area contributed by atoms with Crippen molar-refractivity contribution < 1.29 is 4.74 Å². The summed E-state index contributed by atoms with van der Waals surface area (Å²) in [4.78, 5) is 0. The van der Waals surface area contributed by atoms with Crippen molar-refractivity contribution in [3.63, 3.8) is 0 Å². The highest BCUT2D eigenvalue weighted by atomic mass is 35.5. The summed E-state index contributed by atoms with van der Waals surface area (Å²) in [5, 5.41) is 4.64. The van der Waals surface area contributed by atoms with Gasteiger partial charge in [0.1, 0.15) is 12.4 Å². The summed E-state index contributed by atoms with van der Waals surface area (Å²) in [6.07, 6.45) is 8.93. The minimum absolute atomic E-state index is 0.500. The van der Waals surface area contributed by atoms with Gasteiger partial charge >= 0.3 is 0 Å². The Balaban J connectivity index is 1.15. The van der Waals surface area contributed by atoms with Crippen molar-refractivity contribution in [1.82, 2.24) is 5.32 Å². The lowest BCUT2D eigenvalue weighted by Gasteiger charge is -2.59. The second-order valence-electron chi connectivity index (χ2n) is 9.91. The van der Waals surface area contributed by atoms with Gasteiger partial charge in [-0.05, 0) is 92.4 Å². The van der Waals surface area contributed by atoms with Crippen LogP contribution in [0.15, 0.2) is 48.5 Å². The van der Waals surface area contributed by atoms with Gasteiger partial charge in [0.15, 0.2) is 0 Å². The van der Waals surface area contributed by atoms with Crippen molar-refractivity contribution >= 4 is 11.6 Å². The van der Waals surface area contributed by atoms with Gasteiger partial charge in [-0.25, -0.2) is 0 Å². The Kier molecular flexibility index (Phi) is 5.34. The van der Waals surface area contributed by atoms with Gasteiger partial charge in [0.05, 0.1) is 0 Å². The Morgan fingerprint density at radius 2 is 1.59 bits per heavy atom. The van der Waals surface area contributed by atoms with Crippen LogP contribution in [-0.4, -0.2) is 6.04 Å². The Labute approximate surface area is 180 Å². The Hall–Kier alpha value is -1.51. The van der Waals surface area contributed by atoms with Crippen LogP contribution >= 0.6 is 11.6 Å². The second kappa shape index (κ2) is 7.96. The molecule has 2 nitrogen and oxygen atoms in total. The van der Waals surface area contributed by atoms with Gasteiger partial charge in [-0.1, -0.05) is 41.9 Å². The number of nitrogens with one attached hydrogen (secondary N) is 1. The lowest BCUT2D eigenvalue weighted by molar-refractivity contribution is -0.0706. The molecular formula is C26H32ClNO. The van der Waals surface area contributed by atoms with Crippen molar-refractivity contribution in [2.24, 2.45) is 23.2 Å². The van der Waals surface area contributed by atoms with Crippen LogP contribution in [0.2, 0.25) is 5.02 Å². The fourth-order valence-corrected chi connectivity index (χ4v) is 6.87. The molecule has 0 saturated heterocycles. The van der Waals surface area contributed by atoms with E-state index in [1.54, 1.807) is 0 Å². The number of rotatable bonds is 7. The molecule has 4 bridgehead atoms. The van der Waals surface area contributed by atoms with Crippen LogP contribution in [0.4, 0.5) is 0 Å². The molecule has 0 radical (unpaired) electrons. The zero-order valence-electron chi connectivity index (χ0n) is 17.4. The molecule has 2 aromatic rings. The number of ether oxygens (including phenoxy) is 1. The molecule has 6 rings (SSSR count). The number of benzene rings is 2. The van der Waals surface area contributed by atoms with E-state index in [1.807, 2.05) is 24.3 Å². The van der Waals surface area contributed by atoms with Crippen molar-refractivity contribution in [2.75, 3.05) is 0 Å². The van der Waals surface area contributed by atoms with Gasteiger partial charge in [-0.2, -0.15) is 0 Å². The Morgan fingerprint density at radius 1 is 0.966 bits per heavy atom. The molecular weight excluding hydrogens is 378 g/mol. The highest BCUT2D eigenvalue weighted by Crippen LogP contribution is 2.61. The SMILES string of the molecule is C[C@@H](NCc1ccc(OCc2ccccc2Cl)cc1)C12CC3CC(CC(C3)C1)C2. The molecule has 4 fully saturated rings. The van der Waals surface area contributed by atoms with Crippen molar-refractivity contribution in [1.29, 1.82) is 0 Å². The molecule has 0 heterocycles. The van der Waals surface area contributed by atoms with E-state index in [2.05, 4.69) is 36.5 Å². The standard InChI is InChI=1S/C26H32ClNO/c1-18(26-13-20-10-21(14-26)12-22(11-20)15-26)28-16-19-6-8-24(9-7-19)29-17-23-4-2-3-5-25(23)27/h2-9,18,20-22,28H,10-17H2,1H3/t18-,20?,21?,22?,26?/m1/s1. The molecule has 1 atom stereocenters. The maximum atomic E-state index is 6.21. The summed E-state index contributed by atoms with van der Waals surface area (Å²) in [7, 11) is 0. The van der Waals surface area contributed by atoms with Gasteiger partial charge in [-0.15, -0.1) is 0 Å². The number of hydrogen-bond acceptors (Lipinski definition) is 2. The highest BCUT2D eigenvalue weighted by molar-refractivity contribution is 6.31. The molecule has 4 saturated carbocycles. The van der Waals surface area contributed by atoms with E-state index in [-0.39, 0.29) is 0 Å². The van der Waals surface area contributed by atoms with E-state index < -0.39 is 0 Å². The molecule has 154 valence electrons. The average molecular weight is 410 g/mol. The molecule has 0 spiro atoms. The van der Waals surface area contributed by atoms with Crippen molar-refractivity contribution in [3.05, 3.63) is 64.7 Å². The second-order valence-corrected chi connectivity index (χ2v) is 10.3. The average Bonchev–Trinajstić information content (AvgIpc) is 2.71. The van der Waals surface area contributed by atoms with Crippen LogP contribution in [0.1, 0.15) is 56.6 Å². The third kappa shape index (κ3) is 4.07. The van der Waals surface area contributed by atoms with Crippen LogP contribution in [0.25, 0.3) is 0 Å². The van der Waals surface area contributed by atoms with Gasteiger partial charge in [0.25, 0.3) is 0 Å². The molecule has 29 heavy (non-hydrogen) atoms. The van der Waals surface area contributed by atoms with Gasteiger partial charge < -0.3 is 10.1 Å². The number of hydrogen-bond donors (Lipinski definition) is 1. The Bertz CT molecular complexity index is 811.